The molecule has 0 N–H and O–H groups in total. The highest BCUT2D eigenvalue weighted by Gasteiger charge is 2.32. The van der Waals surface area contributed by atoms with Crippen LogP contribution in [0.4, 0.5) is 0 Å². The molecule has 212 valence electrons. The number of fused-ring (bicyclic) bond motifs is 1. The lowest BCUT2D eigenvalue weighted by Crippen LogP contribution is -2.23. The van der Waals surface area contributed by atoms with Gasteiger partial charge in [-0.15, -0.1) is 0 Å². The summed E-state index contributed by atoms with van der Waals surface area (Å²) in [7, 11) is -3.20. The van der Waals surface area contributed by atoms with Gasteiger partial charge in [-0.3, -0.25) is 0 Å². The lowest BCUT2D eigenvalue weighted by molar-refractivity contribution is -0.117. The third-order valence-electron chi connectivity index (χ3n) is 7.51. The summed E-state index contributed by atoms with van der Waals surface area (Å²) in [4.78, 5) is 11.5. The molecule has 2 heterocycles. The molecule has 40 heavy (non-hydrogen) atoms. The van der Waals surface area contributed by atoms with Crippen LogP contribution in [0.5, 0.6) is 17.2 Å². The average molecular weight is 565 g/mol. The van der Waals surface area contributed by atoms with Crippen LogP contribution in [-0.2, 0) is 26.0 Å². The first-order valence-corrected chi connectivity index (χ1v) is 15.6. The molecule has 3 aromatic carbocycles. The Labute approximate surface area is 236 Å². The quantitative estimate of drug-likeness (QED) is 0.301. The van der Waals surface area contributed by atoms with Crippen LogP contribution in [0, 0.1) is 13.8 Å². The highest BCUT2D eigenvalue weighted by atomic mass is 32.2. The first kappa shape index (κ1) is 28.2. The predicted molar refractivity (Wildman–Crippen MR) is 154 cm³/mol. The average Bonchev–Trinajstić information content (AvgIpc) is 3.53. The molecule has 1 fully saturated rings. The topological polar surface area (TPSA) is 88.1 Å². The Balaban J connectivity index is 1.22. The van der Waals surface area contributed by atoms with Crippen LogP contribution in [0.25, 0.3) is 11.1 Å². The van der Waals surface area contributed by atoms with E-state index in [0.717, 1.165) is 50.6 Å². The Morgan fingerprint density at radius 3 is 2.45 bits per heavy atom. The molecule has 0 spiro atoms. The minimum absolute atomic E-state index is 0.116. The van der Waals surface area contributed by atoms with E-state index in [1.54, 1.807) is 6.92 Å². The highest BCUT2D eigenvalue weighted by Crippen LogP contribution is 2.39. The molecule has 8 heteroatoms. The van der Waals surface area contributed by atoms with Crippen molar-refractivity contribution < 1.29 is 32.2 Å². The van der Waals surface area contributed by atoms with Gasteiger partial charge in [0, 0.05) is 30.2 Å². The Kier molecular flexibility index (Phi) is 8.19. The van der Waals surface area contributed by atoms with Gasteiger partial charge in [-0.05, 0) is 85.7 Å². The molecule has 1 saturated heterocycles. The molecule has 7 nitrogen and oxygen atoms in total. The van der Waals surface area contributed by atoms with Crippen molar-refractivity contribution in [3.05, 3.63) is 76.9 Å². The molecule has 0 radical (unpaired) electrons. The molecule has 0 aromatic heterocycles. The van der Waals surface area contributed by atoms with Crippen LogP contribution in [0.15, 0.2) is 54.6 Å². The third kappa shape index (κ3) is 6.50. The van der Waals surface area contributed by atoms with Crippen LogP contribution >= 0.6 is 0 Å². The minimum Gasteiger partial charge on any atom is -0.492 e. The number of ketones is 1. The van der Waals surface area contributed by atoms with E-state index in [2.05, 4.69) is 26.0 Å². The number of sulfone groups is 1. The van der Waals surface area contributed by atoms with E-state index < -0.39 is 15.3 Å². The summed E-state index contributed by atoms with van der Waals surface area (Å²) in [6, 6.07) is 18.2. The molecule has 0 saturated carbocycles. The summed E-state index contributed by atoms with van der Waals surface area (Å²) in [5.74, 6) is 2.55. The van der Waals surface area contributed by atoms with Gasteiger partial charge in [-0.2, -0.15) is 0 Å². The summed E-state index contributed by atoms with van der Waals surface area (Å²) in [6.45, 7) is 7.00. The van der Waals surface area contributed by atoms with Gasteiger partial charge in [-0.25, -0.2) is 8.42 Å². The maximum atomic E-state index is 11.7. The van der Waals surface area contributed by atoms with Crippen LogP contribution in [0.3, 0.4) is 0 Å². The fraction of sp³-hybridized carbons (Fsp3) is 0.406. The molecule has 5 rings (SSSR count). The number of hydrogen-bond donors (Lipinski definition) is 0. The van der Waals surface area contributed by atoms with Gasteiger partial charge in [-0.1, -0.05) is 24.3 Å². The zero-order valence-electron chi connectivity index (χ0n) is 23.4. The Morgan fingerprint density at radius 2 is 1.75 bits per heavy atom. The second kappa shape index (κ2) is 11.6. The summed E-state index contributed by atoms with van der Waals surface area (Å²) in [5, 5.41) is 0. The monoisotopic (exact) mass is 564 g/mol. The predicted octanol–water partition coefficient (Wildman–Crippen LogP) is 5.93. The van der Waals surface area contributed by atoms with Crippen molar-refractivity contribution in [1.29, 1.82) is 0 Å². The van der Waals surface area contributed by atoms with Crippen LogP contribution in [-0.4, -0.2) is 45.2 Å². The minimum atomic E-state index is -3.20. The SMILES string of the molecule is CC(=O)CC1COc2cc(OCc3cccc(-c4c(C)cc(OCC5CCC(S(C)(=O)=O)O5)cc4C)c3)ccc21. The fourth-order valence-electron chi connectivity index (χ4n) is 5.61. The molecular formula is C32H36O7S. The van der Waals surface area contributed by atoms with Gasteiger partial charge in [0.2, 0.25) is 0 Å². The first-order valence-electron chi connectivity index (χ1n) is 13.6. The van der Waals surface area contributed by atoms with Crippen molar-refractivity contribution in [2.75, 3.05) is 19.5 Å². The number of benzene rings is 3. The van der Waals surface area contributed by atoms with E-state index in [1.165, 1.54) is 6.26 Å². The normalized spacial score (nSPS) is 20.1. The highest BCUT2D eigenvalue weighted by molar-refractivity contribution is 7.91. The molecule has 0 amide bonds. The molecule has 3 atom stereocenters. The Hall–Kier alpha value is -3.36. The van der Waals surface area contributed by atoms with E-state index in [4.69, 9.17) is 18.9 Å². The van der Waals surface area contributed by atoms with Crippen LogP contribution in [0.1, 0.15) is 54.4 Å². The van der Waals surface area contributed by atoms with E-state index in [0.29, 0.717) is 39.1 Å². The van der Waals surface area contributed by atoms with E-state index >= 15 is 0 Å². The second-order valence-electron chi connectivity index (χ2n) is 10.9. The van der Waals surface area contributed by atoms with Crippen molar-refractivity contribution >= 4 is 15.6 Å². The molecular weight excluding hydrogens is 528 g/mol. The van der Waals surface area contributed by atoms with E-state index in [1.807, 2.05) is 42.5 Å². The fourth-order valence-corrected chi connectivity index (χ4v) is 6.53. The number of carbonyl (C=O) groups excluding carboxylic acids is 1. The molecule has 0 aliphatic carbocycles. The molecule has 2 aliphatic heterocycles. The Bertz CT molecular complexity index is 1490. The largest absolute Gasteiger partial charge is 0.492 e. The zero-order valence-corrected chi connectivity index (χ0v) is 24.3. The molecule has 3 unspecified atom stereocenters. The molecule has 0 bridgehead atoms. The van der Waals surface area contributed by atoms with Gasteiger partial charge in [0.25, 0.3) is 0 Å². The van der Waals surface area contributed by atoms with Crippen molar-refractivity contribution in [3.8, 4) is 28.4 Å². The van der Waals surface area contributed by atoms with Crippen molar-refractivity contribution in [1.82, 2.24) is 0 Å². The van der Waals surface area contributed by atoms with E-state index in [9.17, 15) is 13.2 Å². The molecule has 3 aromatic rings. The third-order valence-corrected chi connectivity index (χ3v) is 8.81. The summed E-state index contributed by atoms with van der Waals surface area (Å²) in [5.41, 5.74) is 5.80. The number of rotatable bonds is 10. The molecule has 2 aliphatic rings. The standard InChI is InChI=1S/C32H36O7S/c1-20-12-28(37-19-27-9-11-31(39-27)40(4,34)35)13-21(2)32(20)24-7-5-6-23(15-24)17-36-26-8-10-29-25(14-22(3)33)18-38-30(29)16-26/h5-8,10,12-13,15-16,25,27,31H,9,11,14,17-19H2,1-4H3. The second-order valence-corrected chi connectivity index (χ2v) is 13.1. The van der Waals surface area contributed by atoms with Crippen LogP contribution in [0.2, 0.25) is 0 Å². The maximum Gasteiger partial charge on any atom is 0.174 e. The van der Waals surface area contributed by atoms with Gasteiger partial charge in [0.1, 0.15) is 36.2 Å². The Morgan fingerprint density at radius 1 is 0.975 bits per heavy atom. The first-order chi connectivity index (χ1) is 19.1. The summed E-state index contributed by atoms with van der Waals surface area (Å²) < 4.78 is 47.1. The van der Waals surface area contributed by atoms with Gasteiger partial charge in [0.05, 0.1) is 12.7 Å². The van der Waals surface area contributed by atoms with Crippen molar-refractivity contribution in [2.45, 2.75) is 64.1 Å². The maximum absolute atomic E-state index is 11.7. The number of hydrogen-bond acceptors (Lipinski definition) is 7. The lowest BCUT2D eigenvalue weighted by atomic mass is 9.94. The summed E-state index contributed by atoms with van der Waals surface area (Å²) >= 11 is 0. The van der Waals surface area contributed by atoms with Crippen LogP contribution < -0.4 is 14.2 Å². The number of carbonyl (C=O) groups is 1. The zero-order chi connectivity index (χ0) is 28.4. The number of ether oxygens (including phenoxy) is 4. The van der Waals surface area contributed by atoms with E-state index in [-0.39, 0.29) is 17.8 Å². The number of Topliss-reactive ketones (excluding diaryl/α,β-unsaturated/α-hetero) is 1. The summed E-state index contributed by atoms with van der Waals surface area (Å²) in [6.07, 6.45) is 2.65. The van der Waals surface area contributed by atoms with Gasteiger partial charge >= 0.3 is 0 Å². The van der Waals surface area contributed by atoms with Crippen molar-refractivity contribution in [2.24, 2.45) is 0 Å². The lowest BCUT2D eigenvalue weighted by Gasteiger charge is -2.17. The van der Waals surface area contributed by atoms with Gasteiger partial charge < -0.3 is 23.7 Å². The smallest absolute Gasteiger partial charge is 0.174 e. The number of aryl methyl sites for hydroxylation is 2. The van der Waals surface area contributed by atoms with Gasteiger partial charge in [0.15, 0.2) is 15.3 Å². The van der Waals surface area contributed by atoms with Crippen molar-refractivity contribution in [3.63, 3.8) is 0 Å².